The van der Waals surface area contributed by atoms with Gasteiger partial charge >= 0.3 is 6.18 Å². The summed E-state index contributed by atoms with van der Waals surface area (Å²) in [7, 11) is -4.32. The fourth-order valence-corrected chi connectivity index (χ4v) is 3.00. The van der Waals surface area contributed by atoms with Gasteiger partial charge in [-0.25, -0.2) is 8.42 Å². The van der Waals surface area contributed by atoms with Gasteiger partial charge in [0.05, 0.1) is 16.7 Å². The summed E-state index contributed by atoms with van der Waals surface area (Å²) in [5.74, 6) is 0. The van der Waals surface area contributed by atoms with Crippen molar-refractivity contribution in [3.63, 3.8) is 0 Å². The maximum atomic E-state index is 12.9. The molecule has 0 saturated carbocycles. The molecule has 0 radical (unpaired) electrons. The number of sulfone groups is 1. The van der Waals surface area contributed by atoms with E-state index in [2.05, 4.69) is 10.2 Å². The summed E-state index contributed by atoms with van der Waals surface area (Å²) < 4.78 is 62.7. The summed E-state index contributed by atoms with van der Waals surface area (Å²) in [6, 6.07) is 3.55. The fourth-order valence-electron chi connectivity index (χ4n) is 1.47. The highest BCUT2D eigenvalue weighted by Gasteiger charge is 2.38. The minimum absolute atomic E-state index is 0.198. The van der Waals surface area contributed by atoms with Crippen LogP contribution in [-0.4, -0.2) is 18.6 Å². The second-order valence-electron chi connectivity index (χ2n) is 3.56. The molecule has 0 aliphatic rings. The van der Waals surface area contributed by atoms with E-state index in [1.807, 2.05) is 0 Å². The minimum Gasteiger partial charge on any atom is -0.267 e. The normalized spacial score (nSPS) is 12.6. The minimum atomic E-state index is -4.83. The van der Waals surface area contributed by atoms with Crippen molar-refractivity contribution in [3.8, 4) is 0 Å². The van der Waals surface area contributed by atoms with Crippen LogP contribution < -0.4 is 0 Å². The molecule has 102 valence electrons. The highest BCUT2D eigenvalue weighted by Crippen LogP contribution is 2.37. The lowest BCUT2D eigenvalue weighted by atomic mass is 10.2. The number of rotatable bonds is 2. The van der Waals surface area contributed by atoms with Crippen molar-refractivity contribution in [2.75, 3.05) is 0 Å². The molecule has 0 unspecified atom stereocenters. The number of aromatic amines is 1. The van der Waals surface area contributed by atoms with E-state index in [4.69, 9.17) is 11.6 Å². The molecule has 4 nitrogen and oxygen atoms in total. The molecule has 2 aromatic rings. The molecule has 19 heavy (non-hydrogen) atoms. The average Bonchev–Trinajstić information content (AvgIpc) is 2.81. The van der Waals surface area contributed by atoms with E-state index in [1.54, 1.807) is 0 Å². The van der Waals surface area contributed by atoms with Crippen LogP contribution in [0.4, 0.5) is 13.2 Å². The summed E-state index contributed by atoms with van der Waals surface area (Å²) in [5, 5.41) is 4.93. The Morgan fingerprint density at radius 2 is 1.89 bits per heavy atom. The van der Waals surface area contributed by atoms with Gasteiger partial charge in [0.2, 0.25) is 9.84 Å². The van der Waals surface area contributed by atoms with Crippen LogP contribution in [0.25, 0.3) is 0 Å². The Morgan fingerprint density at radius 3 is 2.42 bits per heavy atom. The molecule has 1 aromatic carbocycles. The topological polar surface area (TPSA) is 62.8 Å². The largest absolute Gasteiger partial charge is 0.417 e. The third-order valence-corrected chi connectivity index (χ3v) is 4.28. The van der Waals surface area contributed by atoms with Crippen molar-refractivity contribution in [2.45, 2.75) is 16.1 Å². The van der Waals surface area contributed by atoms with Crippen LogP contribution in [0.2, 0.25) is 5.02 Å². The Labute approximate surface area is 111 Å². The Hall–Kier alpha value is -1.54. The summed E-state index contributed by atoms with van der Waals surface area (Å²) in [4.78, 5) is -0.867. The van der Waals surface area contributed by atoms with Crippen molar-refractivity contribution in [1.82, 2.24) is 10.2 Å². The van der Waals surface area contributed by atoms with Gasteiger partial charge in [0.1, 0.15) is 0 Å². The number of halogens is 4. The predicted octanol–water partition coefficient (Wildman–Crippen LogP) is 2.91. The van der Waals surface area contributed by atoms with Gasteiger partial charge in [-0.2, -0.15) is 18.3 Å². The lowest BCUT2D eigenvalue weighted by molar-refractivity contribution is -0.139. The number of alkyl halides is 3. The van der Waals surface area contributed by atoms with Crippen LogP contribution >= 0.6 is 11.6 Å². The van der Waals surface area contributed by atoms with Gasteiger partial charge in [0.25, 0.3) is 0 Å². The molecule has 0 spiro atoms. The van der Waals surface area contributed by atoms with Gasteiger partial charge in [-0.15, -0.1) is 0 Å². The van der Waals surface area contributed by atoms with E-state index in [0.29, 0.717) is 6.07 Å². The molecule has 9 heteroatoms. The van der Waals surface area contributed by atoms with Gasteiger partial charge in [0, 0.05) is 5.02 Å². The lowest BCUT2D eigenvalue weighted by Crippen LogP contribution is -2.14. The number of aromatic nitrogens is 2. The molecule has 0 aliphatic heterocycles. The zero-order chi connectivity index (χ0) is 14.3. The van der Waals surface area contributed by atoms with Crippen LogP contribution in [0.1, 0.15) is 5.56 Å². The van der Waals surface area contributed by atoms with E-state index in [-0.39, 0.29) is 5.02 Å². The summed E-state index contributed by atoms with van der Waals surface area (Å²) >= 11 is 5.48. The zero-order valence-electron chi connectivity index (χ0n) is 9.07. The van der Waals surface area contributed by atoms with E-state index < -0.39 is 31.5 Å². The first kappa shape index (κ1) is 13.9. The number of hydrogen-bond acceptors (Lipinski definition) is 3. The van der Waals surface area contributed by atoms with Gasteiger partial charge in [-0.1, -0.05) is 11.6 Å². The Kier molecular flexibility index (Phi) is 3.31. The van der Waals surface area contributed by atoms with Gasteiger partial charge < -0.3 is 0 Å². The molecule has 0 aliphatic carbocycles. The summed E-state index contributed by atoms with van der Waals surface area (Å²) in [5.41, 5.74) is -1.31. The van der Waals surface area contributed by atoms with Crippen molar-refractivity contribution in [1.29, 1.82) is 0 Å². The first-order valence-corrected chi connectivity index (χ1v) is 6.70. The van der Waals surface area contributed by atoms with E-state index in [0.717, 1.165) is 24.4 Å². The van der Waals surface area contributed by atoms with Gasteiger partial charge in [-0.05, 0) is 24.3 Å². The van der Waals surface area contributed by atoms with Gasteiger partial charge in [-0.3, -0.25) is 5.10 Å². The van der Waals surface area contributed by atoms with Crippen molar-refractivity contribution < 1.29 is 21.6 Å². The summed E-state index contributed by atoms with van der Waals surface area (Å²) in [6.45, 7) is 0. The van der Waals surface area contributed by atoms with Gasteiger partial charge in [0.15, 0.2) is 5.03 Å². The first-order valence-electron chi connectivity index (χ1n) is 4.84. The zero-order valence-corrected chi connectivity index (χ0v) is 10.6. The van der Waals surface area contributed by atoms with E-state index in [1.165, 1.54) is 0 Å². The average molecular weight is 311 g/mol. The number of benzene rings is 1. The van der Waals surface area contributed by atoms with Crippen LogP contribution in [-0.2, 0) is 16.0 Å². The van der Waals surface area contributed by atoms with Crippen LogP contribution in [0, 0.1) is 0 Å². The highest BCUT2D eigenvalue weighted by atomic mass is 35.5. The molecule has 0 amide bonds. The van der Waals surface area contributed by atoms with E-state index in [9.17, 15) is 21.6 Å². The smallest absolute Gasteiger partial charge is 0.267 e. The molecular weight excluding hydrogens is 305 g/mol. The molecule has 1 N–H and O–H groups in total. The molecule has 1 heterocycles. The molecule has 0 bridgehead atoms. The fraction of sp³-hybridized carbons (Fsp3) is 0.100. The molecular formula is C10H6ClF3N2O2S. The van der Waals surface area contributed by atoms with Crippen LogP contribution in [0.15, 0.2) is 40.4 Å². The van der Waals surface area contributed by atoms with Crippen LogP contribution in [0.5, 0.6) is 0 Å². The Balaban J connectivity index is 2.71. The van der Waals surface area contributed by atoms with Crippen molar-refractivity contribution in [2.24, 2.45) is 0 Å². The van der Waals surface area contributed by atoms with Crippen molar-refractivity contribution in [3.05, 3.63) is 41.0 Å². The third-order valence-electron chi connectivity index (χ3n) is 2.30. The number of nitrogens with zero attached hydrogens (tertiary/aromatic N) is 1. The summed E-state index contributed by atoms with van der Waals surface area (Å²) in [6.07, 6.45) is -3.69. The maximum absolute atomic E-state index is 12.9. The Bertz CT molecular complexity index is 696. The molecule has 0 fully saturated rings. The molecule has 2 rings (SSSR count). The number of nitrogens with one attached hydrogen (secondary N) is 1. The van der Waals surface area contributed by atoms with Crippen molar-refractivity contribution >= 4 is 21.4 Å². The standard InChI is InChI=1S/C10H6ClF3N2O2S/c11-6-1-2-8(7(5-6)10(12,13)14)19(17,18)9-3-4-15-16-9/h1-5H,(H,15,16). The molecule has 1 aromatic heterocycles. The molecule has 0 atom stereocenters. The Morgan fingerprint density at radius 1 is 1.21 bits per heavy atom. The monoisotopic (exact) mass is 310 g/mol. The maximum Gasteiger partial charge on any atom is 0.417 e. The quantitative estimate of drug-likeness (QED) is 0.927. The second kappa shape index (κ2) is 4.53. The highest BCUT2D eigenvalue weighted by molar-refractivity contribution is 7.91. The predicted molar refractivity (Wildman–Crippen MR) is 60.5 cm³/mol. The number of H-pyrrole nitrogens is 1. The lowest BCUT2D eigenvalue weighted by Gasteiger charge is -2.12. The molecule has 0 saturated heterocycles. The SMILES string of the molecule is O=S(=O)(c1ccn[nH]1)c1ccc(Cl)cc1C(F)(F)F. The number of hydrogen-bond donors (Lipinski definition) is 1. The second-order valence-corrected chi connectivity index (χ2v) is 5.89. The van der Waals surface area contributed by atoms with E-state index >= 15 is 0 Å². The third kappa shape index (κ3) is 2.59. The first-order chi connectivity index (χ1) is 8.73. The van der Waals surface area contributed by atoms with Crippen LogP contribution in [0.3, 0.4) is 0 Å².